The van der Waals surface area contributed by atoms with Gasteiger partial charge in [-0.1, -0.05) is 13.8 Å². The number of anilines is 2. The van der Waals surface area contributed by atoms with E-state index in [1.165, 1.54) is 0 Å². The molecule has 1 aromatic heterocycles. The summed E-state index contributed by atoms with van der Waals surface area (Å²) in [7, 11) is 1.81. The maximum atomic E-state index is 11.7. The molecule has 1 fully saturated rings. The largest absolute Gasteiger partial charge is 0.384 e. The molecule has 0 unspecified atom stereocenters. The molecule has 1 aromatic rings. The minimum atomic E-state index is 0.101. The van der Waals surface area contributed by atoms with E-state index in [9.17, 15) is 4.79 Å². The summed E-state index contributed by atoms with van der Waals surface area (Å²) in [6.45, 7) is 5.88. The van der Waals surface area contributed by atoms with Crippen molar-refractivity contribution < 1.29 is 4.79 Å². The van der Waals surface area contributed by atoms with E-state index >= 15 is 0 Å². The maximum Gasteiger partial charge on any atom is 0.241 e. The SMILES string of the molecule is CC(C)c1nc(N)cc(N2CCN(C)C(=O)C2)n1. The molecule has 1 amide bonds. The van der Waals surface area contributed by atoms with E-state index in [0.717, 1.165) is 18.2 Å². The molecule has 0 saturated carbocycles. The highest BCUT2D eigenvalue weighted by molar-refractivity contribution is 5.82. The van der Waals surface area contributed by atoms with Crippen molar-refractivity contribution in [2.45, 2.75) is 19.8 Å². The maximum absolute atomic E-state index is 11.7. The third kappa shape index (κ3) is 2.52. The number of amides is 1. The second-order valence-electron chi connectivity index (χ2n) is 4.90. The lowest BCUT2D eigenvalue weighted by molar-refractivity contribution is -0.129. The Balaban J connectivity index is 2.25. The van der Waals surface area contributed by atoms with Crippen molar-refractivity contribution in [3.8, 4) is 0 Å². The summed E-state index contributed by atoms with van der Waals surface area (Å²) in [6.07, 6.45) is 0. The first-order chi connectivity index (χ1) is 8.47. The lowest BCUT2D eigenvalue weighted by Gasteiger charge is -2.32. The molecule has 0 spiro atoms. The third-order valence-electron chi connectivity index (χ3n) is 3.05. The number of carbonyl (C=O) groups is 1. The van der Waals surface area contributed by atoms with Gasteiger partial charge in [0.15, 0.2) is 0 Å². The van der Waals surface area contributed by atoms with Gasteiger partial charge in [-0.3, -0.25) is 4.79 Å². The minimum absolute atomic E-state index is 0.101. The third-order valence-corrected chi connectivity index (χ3v) is 3.05. The van der Waals surface area contributed by atoms with Gasteiger partial charge >= 0.3 is 0 Å². The van der Waals surface area contributed by atoms with Gasteiger partial charge in [-0.15, -0.1) is 0 Å². The predicted octanol–water partition coefficient (Wildman–Crippen LogP) is 0.461. The van der Waals surface area contributed by atoms with Gasteiger partial charge in [0, 0.05) is 32.1 Å². The lowest BCUT2D eigenvalue weighted by Crippen LogP contribution is -2.48. The van der Waals surface area contributed by atoms with E-state index < -0.39 is 0 Å². The number of hydrogen-bond acceptors (Lipinski definition) is 5. The Morgan fingerprint density at radius 2 is 2.06 bits per heavy atom. The van der Waals surface area contributed by atoms with Crippen LogP contribution in [-0.2, 0) is 4.79 Å². The number of aromatic nitrogens is 2. The van der Waals surface area contributed by atoms with Gasteiger partial charge in [0.2, 0.25) is 5.91 Å². The summed E-state index contributed by atoms with van der Waals surface area (Å²) in [5.41, 5.74) is 5.79. The average Bonchev–Trinajstić information content (AvgIpc) is 2.31. The first kappa shape index (κ1) is 12.6. The molecule has 1 saturated heterocycles. The molecule has 0 atom stereocenters. The molecule has 6 heteroatoms. The number of hydrogen-bond donors (Lipinski definition) is 1. The predicted molar refractivity (Wildman–Crippen MR) is 70.4 cm³/mol. The van der Waals surface area contributed by atoms with Crippen LogP contribution in [0.4, 0.5) is 11.6 Å². The van der Waals surface area contributed by atoms with E-state index in [2.05, 4.69) is 9.97 Å². The highest BCUT2D eigenvalue weighted by Crippen LogP contribution is 2.19. The number of nitrogen functional groups attached to an aromatic ring is 1. The molecule has 0 radical (unpaired) electrons. The molecule has 0 aromatic carbocycles. The molecular formula is C12H19N5O. The van der Waals surface area contributed by atoms with E-state index in [1.54, 1.807) is 11.0 Å². The molecule has 2 rings (SSSR count). The summed E-state index contributed by atoms with van der Waals surface area (Å²) in [6, 6.07) is 1.73. The normalized spacial score (nSPS) is 16.6. The van der Waals surface area contributed by atoms with E-state index in [1.807, 2.05) is 25.8 Å². The molecule has 0 aliphatic carbocycles. The zero-order valence-electron chi connectivity index (χ0n) is 11.1. The first-order valence-corrected chi connectivity index (χ1v) is 6.10. The van der Waals surface area contributed by atoms with Gasteiger partial charge in [0.25, 0.3) is 0 Å². The summed E-state index contributed by atoms with van der Waals surface area (Å²) >= 11 is 0. The van der Waals surface area contributed by atoms with Gasteiger partial charge in [-0.2, -0.15) is 0 Å². The van der Waals surface area contributed by atoms with Crippen molar-refractivity contribution in [3.63, 3.8) is 0 Å². The van der Waals surface area contributed by atoms with Crippen molar-refractivity contribution in [3.05, 3.63) is 11.9 Å². The van der Waals surface area contributed by atoms with Crippen LogP contribution in [-0.4, -0.2) is 47.5 Å². The summed E-state index contributed by atoms with van der Waals surface area (Å²) < 4.78 is 0. The molecule has 98 valence electrons. The number of piperazine rings is 1. The molecule has 18 heavy (non-hydrogen) atoms. The summed E-state index contributed by atoms with van der Waals surface area (Å²) in [5, 5.41) is 0. The Bertz CT molecular complexity index is 460. The van der Waals surface area contributed by atoms with Crippen LogP contribution in [0.25, 0.3) is 0 Å². The Labute approximate surface area is 107 Å². The van der Waals surface area contributed by atoms with Crippen LogP contribution in [0.2, 0.25) is 0 Å². The fraction of sp³-hybridized carbons (Fsp3) is 0.583. The smallest absolute Gasteiger partial charge is 0.241 e. The molecule has 2 heterocycles. The Morgan fingerprint density at radius 3 is 2.67 bits per heavy atom. The van der Waals surface area contributed by atoms with Gasteiger partial charge in [0.1, 0.15) is 17.5 Å². The van der Waals surface area contributed by atoms with Crippen LogP contribution >= 0.6 is 0 Å². The van der Waals surface area contributed by atoms with Gasteiger partial charge in [-0.05, 0) is 0 Å². The van der Waals surface area contributed by atoms with Crippen molar-refractivity contribution in [2.75, 3.05) is 37.3 Å². The lowest BCUT2D eigenvalue weighted by atomic mass is 10.2. The monoisotopic (exact) mass is 249 g/mol. The van der Waals surface area contributed by atoms with Crippen LogP contribution in [0, 0.1) is 0 Å². The number of nitrogens with zero attached hydrogens (tertiary/aromatic N) is 4. The van der Waals surface area contributed by atoms with E-state index in [4.69, 9.17) is 5.73 Å². The van der Waals surface area contributed by atoms with Crippen LogP contribution in [0.15, 0.2) is 6.07 Å². The Hall–Kier alpha value is -1.85. The van der Waals surface area contributed by atoms with Crippen LogP contribution in [0.5, 0.6) is 0 Å². The van der Waals surface area contributed by atoms with Crippen molar-refractivity contribution in [1.82, 2.24) is 14.9 Å². The Morgan fingerprint density at radius 1 is 1.33 bits per heavy atom. The van der Waals surface area contributed by atoms with Crippen molar-refractivity contribution in [1.29, 1.82) is 0 Å². The minimum Gasteiger partial charge on any atom is -0.384 e. The zero-order chi connectivity index (χ0) is 13.3. The zero-order valence-corrected chi connectivity index (χ0v) is 11.1. The highest BCUT2D eigenvalue weighted by Gasteiger charge is 2.22. The molecular weight excluding hydrogens is 230 g/mol. The molecule has 1 aliphatic heterocycles. The Kier molecular flexibility index (Phi) is 3.36. The number of likely N-dealkylation sites (N-methyl/N-ethyl adjacent to an activating group) is 1. The highest BCUT2D eigenvalue weighted by atomic mass is 16.2. The first-order valence-electron chi connectivity index (χ1n) is 6.10. The quantitative estimate of drug-likeness (QED) is 0.824. The van der Waals surface area contributed by atoms with Gasteiger partial charge in [0.05, 0.1) is 6.54 Å². The summed E-state index contributed by atoms with van der Waals surface area (Å²) in [4.78, 5) is 24.1. The van der Waals surface area contributed by atoms with Crippen LogP contribution in [0.1, 0.15) is 25.6 Å². The van der Waals surface area contributed by atoms with E-state index in [-0.39, 0.29) is 11.8 Å². The average molecular weight is 249 g/mol. The molecule has 2 N–H and O–H groups in total. The van der Waals surface area contributed by atoms with E-state index in [0.29, 0.717) is 18.9 Å². The van der Waals surface area contributed by atoms with Crippen molar-refractivity contribution >= 4 is 17.5 Å². The van der Waals surface area contributed by atoms with Crippen LogP contribution < -0.4 is 10.6 Å². The molecule has 6 nitrogen and oxygen atoms in total. The van der Waals surface area contributed by atoms with Crippen LogP contribution in [0.3, 0.4) is 0 Å². The standard InChI is InChI=1S/C12H19N5O/c1-8(2)12-14-9(13)6-10(15-12)17-5-4-16(3)11(18)7-17/h6,8H,4-5,7H2,1-3H3,(H2,13,14,15). The number of carbonyl (C=O) groups excluding carboxylic acids is 1. The number of rotatable bonds is 2. The van der Waals surface area contributed by atoms with Gasteiger partial charge in [-0.25, -0.2) is 9.97 Å². The fourth-order valence-electron chi connectivity index (χ4n) is 1.85. The topological polar surface area (TPSA) is 75.3 Å². The molecule has 0 bridgehead atoms. The van der Waals surface area contributed by atoms with Gasteiger partial charge < -0.3 is 15.5 Å². The summed E-state index contributed by atoms with van der Waals surface area (Å²) in [5.74, 6) is 2.24. The number of nitrogens with two attached hydrogens (primary N) is 1. The fourth-order valence-corrected chi connectivity index (χ4v) is 1.85. The second kappa shape index (κ2) is 4.80. The molecule has 1 aliphatic rings. The van der Waals surface area contributed by atoms with Crippen molar-refractivity contribution in [2.24, 2.45) is 0 Å². The second-order valence-corrected chi connectivity index (χ2v) is 4.90.